The van der Waals surface area contributed by atoms with Gasteiger partial charge >= 0.3 is 0 Å². The van der Waals surface area contributed by atoms with Crippen LogP contribution < -0.4 is 5.32 Å². The molecule has 0 spiro atoms. The zero-order valence-electron chi connectivity index (χ0n) is 9.20. The Morgan fingerprint density at radius 3 is 2.69 bits per heavy atom. The Balaban J connectivity index is 3.02. The molecule has 0 unspecified atom stereocenters. The Kier molecular flexibility index (Phi) is 3.78. The number of rotatable bonds is 3. The molecule has 0 heterocycles. The number of benzene rings is 1. The molecular weight excluding hydrogens is 204 g/mol. The average Bonchev–Trinajstić information content (AvgIpc) is 2.17. The number of carbonyl (C=O) groups is 2. The molecule has 1 aromatic rings. The number of amides is 1. The van der Waals surface area contributed by atoms with Crippen LogP contribution in [-0.2, 0) is 4.79 Å². The molecule has 0 saturated carbocycles. The van der Waals surface area contributed by atoms with Gasteiger partial charge in [0.15, 0.2) is 5.78 Å². The maximum Gasteiger partial charge on any atom is 0.238 e. The van der Waals surface area contributed by atoms with Crippen molar-refractivity contribution in [2.45, 2.75) is 20.3 Å². The molecule has 0 bridgehead atoms. The highest BCUT2D eigenvalue weighted by atomic mass is 16.1. The first-order valence-corrected chi connectivity index (χ1v) is 4.83. The number of hydrogen-bond acceptors (Lipinski definition) is 3. The van der Waals surface area contributed by atoms with Gasteiger partial charge in [0, 0.05) is 5.56 Å². The maximum absolute atomic E-state index is 11.3. The quantitative estimate of drug-likeness (QED) is 0.786. The summed E-state index contributed by atoms with van der Waals surface area (Å²) in [6.45, 7) is 3.30. The van der Waals surface area contributed by atoms with Gasteiger partial charge in [-0.1, -0.05) is 6.07 Å². The van der Waals surface area contributed by atoms with Gasteiger partial charge in [-0.15, -0.1) is 0 Å². The van der Waals surface area contributed by atoms with Crippen LogP contribution in [0.1, 0.15) is 29.3 Å². The van der Waals surface area contributed by atoms with Crippen molar-refractivity contribution < 1.29 is 9.59 Å². The lowest BCUT2D eigenvalue weighted by Crippen LogP contribution is -2.13. The van der Waals surface area contributed by atoms with Gasteiger partial charge in [-0.05, 0) is 31.5 Å². The fourth-order valence-electron chi connectivity index (χ4n) is 1.33. The van der Waals surface area contributed by atoms with Crippen LogP contribution >= 0.6 is 0 Å². The second-order valence-electron chi connectivity index (χ2n) is 3.49. The van der Waals surface area contributed by atoms with Gasteiger partial charge in [-0.2, -0.15) is 5.26 Å². The third kappa shape index (κ3) is 2.92. The smallest absolute Gasteiger partial charge is 0.238 e. The van der Waals surface area contributed by atoms with Gasteiger partial charge in [0.25, 0.3) is 0 Å². The minimum Gasteiger partial charge on any atom is -0.325 e. The van der Waals surface area contributed by atoms with Crippen LogP contribution in [-0.4, -0.2) is 11.7 Å². The number of carbonyl (C=O) groups excluding carboxylic acids is 2. The Morgan fingerprint density at radius 1 is 1.44 bits per heavy atom. The fourth-order valence-corrected chi connectivity index (χ4v) is 1.33. The van der Waals surface area contributed by atoms with E-state index in [-0.39, 0.29) is 12.2 Å². The predicted molar refractivity (Wildman–Crippen MR) is 60.0 cm³/mol. The van der Waals surface area contributed by atoms with E-state index in [1.807, 2.05) is 6.92 Å². The summed E-state index contributed by atoms with van der Waals surface area (Å²) in [5.74, 6) is -0.525. The molecule has 16 heavy (non-hydrogen) atoms. The largest absolute Gasteiger partial charge is 0.325 e. The molecule has 1 amide bonds. The van der Waals surface area contributed by atoms with E-state index in [1.54, 1.807) is 24.3 Å². The molecule has 1 N–H and O–H groups in total. The Hall–Kier alpha value is -2.15. The topological polar surface area (TPSA) is 70.0 Å². The molecule has 0 aromatic heterocycles. The van der Waals surface area contributed by atoms with Gasteiger partial charge in [0.2, 0.25) is 5.91 Å². The number of anilines is 1. The van der Waals surface area contributed by atoms with Crippen molar-refractivity contribution >= 4 is 17.4 Å². The Labute approximate surface area is 93.9 Å². The molecule has 1 aromatic carbocycles. The highest BCUT2D eigenvalue weighted by molar-refractivity contribution is 6.04. The van der Waals surface area contributed by atoms with E-state index < -0.39 is 5.91 Å². The second-order valence-corrected chi connectivity index (χ2v) is 3.49. The van der Waals surface area contributed by atoms with Crippen molar-refractivity contribution in [2.75, 3.05) is 5.32 Å². The van der Waals surface area contributed by atoms with Crippen LogP contribution in [0.2, 0.25) is 0 Å². The summed E-state index contributed by atoms with van der Waals surface area (Å²) in [7, 11) is 0. The van der Waals surface area contributed by atoms with E-state index >= 15 is 0 Å². The molecule has 4 heteroatoms. The van der Waals surface area contributed by atoms with Crippen LogP contribution in [0.15, 0.2) is 18.2 Å². The second kappa shape index (κ2) is 5.08. The summed E-state index contributed by atoms with van der Waals surface area (Å²) in [6, 6.07) is 6.94. The highest BCUT2D eigenvalue weighted by Crippen LogP contribution is 2.18. The molecule has 0 aliphatic heterocycles. The first-order chi connectivity index (χ1) is 7.54. The lowest BCUT2D eigenvalue weighted by molar-refractivity contribution is -0.115. The minimum absolute atomic E-state index is 0.118. The van der Waals surface area contributed by atoms with Crippen LogP contribution in [0.3, 0.4) is 0 Å². The molecule has 0 aliphatic rings. The summed E-state index contributed by atoms with van der Waals surface area (Å²) >= 11 is 0. The summed E-state index contributed by atoms with van der Waals surface area (Å²) < 4.78 is 0. The number of nitrogens with one attached hydrogen (secondary N) is 1. The van der Waals surface area contributed by atoms with Gasteiger partial charge < -0.3 is 5.32 Å². The first-order valence-electron chi connectivity index (χ1n) is 4.83. The summed E-state index contributed by atoms with van der Waals surface area (Å²) in [6.07, 6.45) is -0.217. The number of hydrogen-bond donors (Lipinski definition) is 1. The molecule has 0 radical (unpaired) electrons. The highest BCUT2D eigenvalue weighted by Gasteiger charge is 2.09. The van der Waals surface area contributed by atoms with Crippen LogP contribution in [0.4, 0.5) is 5.69 Å². The third-order valence-electron chi connectivity index (χ3n) is 2.07. The lowest BCUT2D eigenvalue weighted by Gasteiger charge is -2.08. The standard InChI is InChI=1S/C12H12N2O2/c1-8-3-4-10(9(2)15)11(7-8)14-12(16)5-6-13/h3-4,7H,5H2,1-2H3,(H,14,16). The van der Waals surface area contributed by atoms with Crippen LogP contribution in [0.5, 0.6) is 0 Å². The van der Waals surface area contributed by atoms with Crippen molar-refractivity contribution in [3.8, 4) is 6.07 Å². The van der Waals surface area contributed by atoms with E-state index in [9.17, 15) is 9.59 Å². The molecule has 82 valence electrons. The number of ketones is 1. The Bertz CT molecular complexity index is 472. The van der Waals surface area contributed by atoms with Crippen LogP contribution in [0, 0.1) is 18.3 Å². The van der Waals surface area contributed by atoms with Crippen molar-refractivity contribution in [2.24, 2.45) is 0 Å². The zero-order chi connectivity index (χ0) is 12.1. The lowest BCUT2D eigenvalue weighted by atomic mass is 10.1. The average molecular weight is 216 g/mol. The molecule has 0 fully saturated rings. The van der Waals surface area contributed by atoms with E-state index in [1.165, 1.54) is 6.92 Å². The van der Waals surface area contributed by atoms with Gasteiger partial charge in [0.05, 0.1) is 11.8 Å². The van der Waals surface area contributed by atoms with Crippen molar-refractivity contribution in [3.05, 3.63) is 29.3 Å². The predicted octanol–water partition coefficient (Wildman–Crippen LogP) is 2.05. The Morgan fingerprint density at radius 2 is 2.12 bits per heavy atom. The summed E-state index contributed by atoms with van der Waals surface area (Å²) in [5.41, 5.74) is 1.86. The summed E-state index contributed by atoms with van der Waals surface area (Å²) in [4.78, 5) is 22.6. The van der Waals surface area contributed by atoms with E-state index in [2.05, 4.69) is 5.32 Å². The van der Waals surface area contributed by atoms with Crippen molar-refractivity contribution in [3.63, 3.8) is 0 Å². The molecule has 0 atom stereocenters. The van der Waals surface area contributed by atoms with Gasteiger partial charge in [0.1, 0.15) is 6.42 Å². The number of Topliss-reactive ketones (excluding diaryl/α,β-unsaturated/α-hetero) is 1. The molecule has 0 aliphatic carbocycles. The van der Waals surface area contributed by atoms with E-state index in [4.69, 9.17) is 5.26 Å². The SMILES string of the molecule is CC(=O)c1ccc(C)cc1NC(=O)CC#N. The van der Waals surface area contributed by atoms with Gasteiger partial charge in [-0.3, -0.25) is 9.59 Å². The van der Waals surface area contributed by atoms with Gasteiger partial charge in [-0.25, -0.2) is 0 Å². The number of nitrogens with zero attached hydrogens (tertiary/aromatic N) is 1. The van der Waals surface area contributed by atoms with Crippen molar-refractivity contribution in [1.82, 2.24) is 0 Å². The monoisotopic (exact) mass is 216 g/mol. The number of nitriles is 1. The maximum atomic E-state index is 11.3. The van der Waals surface area contributed by atoms with E-state index in [0.29, 0.717) is 11.3 Å². The normalized spacial score (nSPS) is 9.31. The third-order valence-corrected chi connectivity index (χ3v) is 2.07. The molecule has 4 nitrogen and oxygen atoms in total. The zero-order valence-corrected chi connectivity index (χ0v) is 9.20. The number of aryl methyl sites for hydroxylation is 1. The van der Waals surface area contributed by atoms with E-state index in [0.717, 1.165) is 5.56 Å². The fraction of sp³-hybridized carbons (Fsp3) is 0.250. The van der Waals surface area contributed by atoms with Crippen LogP contribution in [0.25, 0.3) is 0 Å². The minimum atomic E-state index is -0.407. The molecule has 1 rings (SSSR count). The summed E-state index contributed by atoms with van der Waals surface area (Å²) in [5, 5.41) is 10.9. The van der Waals surface area contributed by atoms with Crippen molar-refractivity contribution in [1.29, 1.82) is 5.26 Å². The first kappa shape index (κ1) is 11.9. The molecule has 0 saturated heterocycles. The molecular formula is C12H12N2O2.